The van der Waals surface area contributed by atoms with Gasteiger partial charge in [-0.1, -0.05) is 12.1 Å². The molecule has 0 bridgehead atoms. The van der Waals surface area contributed by atoms with Gasteiger partial charge < -0.3 is 19.8 Å². The van der Waals surface area contributed by atoms with Crippen LogP contribution < -0.4 is 15.2 Å². The van der Waals surface area contributed by atoms with E-state index in [1.165, 1.54) is 18.1 Å². The van der Waals surface area contributed by atoms with Gasteiger partial charge in [-0.2, -0.15) is 0 Å². The first-order valence-corrected chi connectivity index (χ1v) is 9.62. The Morgan fingerprint density at radius 3 is 2.57 bits per heavy atom. The minimum Gasteiger partial charge on any atom is -0.493 e. The Labute approximate surface area is 167 Å². The molecule has 28 heavy (non-hydrogen) atoms. The van der Waals surface area contributed by atoms with Crippen molar-refractivity contribution in [2.24, 2.45) is 5.73 Å². The lowest BCUT2D eigenvalue weighted by Crippen LogP contribution is -2.17. The van der Waals surface area contributed by atoms with Gasteiger partial charge in [0, 0.05) is 21.8 Å². The number of carbonyl (C=O) groups excluding carboxylic acids is 2. The number of aryl methyl sites for hydroxylation is 1. The second-order valence-corrected chi connectivity index (χ2v) is 7.40. The van der Waals surface area contributed by atoms with Gasteiger partial charge in [-0.3, -0.25) is 9.59 Å². The number of Topliss-reactive ketones (excluding diaryl/α,β-unsaturated/α-hetero) is 1. The van der Waals surface area contributed by atoms with Crippen molar-refractivity contribution in [2.45, 2.75) is 20.4 Å². The lowest BCUT2D eigenvalue weighted by Gasteiger charge is -2.13. The van der Waals surface area contributed by atoms with Crippen molar-refractivity contribution < 1.29 is 19.1 Å². The maximum absolute atomic E-state index is 12.8. The number of primary amides is 1. The molecule has 0 aliphatic carbocycles. The largest absolute Gasteiger partial charge is 0.493 e. The molecule has 0 unspecified atom stereocenters. The van der Waals surface area contributed by atoms with E-state index in [1.54, 1.807) is 23.5 Å². The molecule has 1 aromatic carbocycles. The highest BCUT2D eigenvalue weighted by molar-refractivity contribution is 7.09. The van der Waals surface area contributed by atoms with Crippen molar-refractivity contribution in [3.05, 3.63) is 69.2 Å². The average Bonchev–Trinajstić information content (AvgIpc) is 3.29. The first-order chi connectivity index (χ1) is 13.4. The van der Waals surface area contributed by atoms with E-state index in [-0.39, 0.29) is 23.7 Å². The van der Waals surface area contributed by atoms with Gasteiger partial charge >= 0.3 is 0 Å². The molecule has 0 aliphatic rings. The number of amides is 1. The Balaban J connectivity index is 1.81. The fourth-order valence-corrected chi connectivity index (χ4v) is 3.81. The van der Waals surface area contributed by atoms with Crippen LogP contribution >= 0.6 is 11.3 Å². The number of ketones is 1. The Bertz CT molecular complexity index is 1010. The highest BCUT2D eigenvalue weighted by Gasteiger charge is 2.20. The van der Waals surface area contributed by atoms with Crippen LogP contribution in [0.3, 0.4) is 0 Å². The standard InChI is InChI=1S/C21H22N2O4S/c1-13-10-17(14(2)23(13)11-15-6-5-9-28-15)18(24)12-27-20-16(21(22)25)7-4-8-19(20)26-3/h4-10H,11-12H2,1-3H3,(H2,22,25). The number of thiophene rings is 1. The van der Waals surface area contributed by atoms with Crippen molar-refractivity contribution in [2.75, 3.05) is 13.7 Å². The predicted octanol–water partition coefficient (Wildman–Crippen LogP) is 3.58. The number of benzene rings is 1. The topological polar surface area (TPSA) is 83.6 Å². The van der Waals surface area contributed by atoms with Crippen molar-refractivity contribution in [3.8, 4) is 11.5 Å². The summed E-state index contributed by atoms with van der Waals surface area (Å²) in [6.07, 6.45) is 0. The monoisotopic (exact) mass is 398 g/mol. The fraction of sp³-hybridized carbons (Fsp3) is 0.238. The fourth-order valence-electron chi connectivity index (χ4n) is 3.12. The van der Waals surface area contributed by atoms with Crippen LogP contribution in [0.4, 0.5) is 0 Å². The number of hydrogen-bond donors (Lipinski definition) is 1. The lowest BCUT2D eigenvalue weighted by molar-refractivity contribution is 0.0909. The Morgan fingerprint density at radius 1 is 1.14 bits per heavy atom. The van der Waals surface area contributed by atoms with Crippen LogP contribution in [0.15, 0.2) is 41.8 Å². The average molecular weight is 398 g/mol. The van der Waals surface area contributed by atoms with E-state index in [2.05, 4.69) is 10.6 Å². The van der Waals surface area contributed by atoms with E-state index in [9.17, 15) is 9.59 Å². The van der Waals surface area contributed by atoms with Crippen LogP contribution in [0, 0.1) is 13.8 Å². The molecule has 6 nitrogen and oxygen atoms in total. The molecule has 2 N–H and O–H groups in total. The van der Waals surface area contributed by atoms with Gasteiger partial charge in [-0.05, 0) is 43.5 Å². The van der Waals surface area contributed by atoms with Crippen molar-refractivity contribution in [1.29, 1.82) is 0 Å². The summed E-state index contributed by atoms with van der Waals surface area (Å²) in [4.78, 5) is 25.7. The van der Waals surface area contributed by atoms with Crippen LogP contribution in [-0.2, 0) is 6.54 Å². The van der Waals surface area contributed by atoms with Crippen molar-refractivity contribution in [3.63, 3.8) is 0 Å². The zero-order chi connectivity index (χ0) is 20.3. The zero-order valence-electron chi connectivity index (χ0n) is 16.0. The summed E-state index contributed by atoms with van der Waals surface area (Å²) in [5.74, 6) is -0.284. The SMILES string of the molecule is COc1cccc(C(N)=O)c1OCC(=O)c1cc(C)n(Cc2cccs2)c1C. The van der Waals surface area contributed by atoms with E-state index < -0.39 is 5.91 Å². The quantitative estimate of drug-likeness (QED) is 0.588. The predicted molar refractivity (Wildman–Crippen MR) is 109 cm³/mol. The Hall–Kier alpha value is -3.06. The summed E-state index contributed by atoms with van der Waals surface area (Å²) in [7, 11) is 1.47. The minimum absolute atomic E-state index is 0.174. The molecule has 1 amide bonds. The summed E-state index contributed by atoms with van der Waals surface area (Å²) in [5, 5.41) is 2.03. The first-order valence-electron chi connectivity index (χ1n) is 8.74. The number of ether oxygens (including phenoxy) is 2. The molecule has 146 valence electrons. The van der Waals surface area contributed by atoms with E-state index in [0.29, 0.717) is 11.3 Å². The third-order valence-corrected chi connectivity index (χ3v) is 5.44. The summed E-state index contributed by atoms with van der Waals surface area (Å²) in [5.41, 5.74) is 8.07. The lowest BCUT2D eigenvalue weighted by atomic mass is 10.1. The number of para-hydroxylation sites is 1. The third-order valence-electron chi connectivity index (χ3n) is 4.58. The van der Waals surface area contributed by atoms with E-state index in [4.69, 9.17) is 15.2 Å². The van der Waals surface area contributed by atoms with Crippen LogP contribution in [-0.4, -0.2) is 30.0 Å². The van der Waals surface area contributed by atoms with Crippen molar-refractivity contribution >= 4 is 23.0 Å². The summed E-state index contributed by atoms with van der Waals surface area (Å²) >= 11 is 1.68. The molecule has 0 atom stereocenters. The number of hydrogen-bond acceptors (Lipinski definition) is 5. The van der Waals surface area contributed by atoms with Gasteiger partial charge in [-0.15, -0.1) is 11.3 Å². The van der Waals surface area contributed by atoms with Crippen LogP contribution in [0.1, 0.15) is 37.0 Å². The number of aromatic nitrogens is 1. The molecule has 3 aromatic rings. The van der Waals surface area contributed by atoms with Gasteiger partial charge in [0.1, 0.15) is 0 Å². The van der Waals surface area contributed by atoms with Gasteiger partial charge in [0.15, 0.2) is 18.1 Å². The van der Waals surface area contributed by atoms with Crippen molar-refractivity contribution in [1.82, 2.24) is 4.57 Å². The van der Waals surface area contributed by atoms with Crippen LogP contribution in [0.5, 0.6) is 11.5 Å². The summed E-state index contributed by atoms with van der Waals surface area (Å²) < 4.78 is 13.0. The van der Waals surface area contributed by atoms with Gasteiger partial charge in [0.25, 0.3) is 5.91 Å². The number of nitrogens with zero attached hydrogens (tertiary/aromatic N) is 1. The molecule has 0 saturated carbocycles. The second-order valence-electron chi connectivity index (χ2n) is 6.36. The number of methoxy groups -OCH3 is 1. The molecule has 2 aromatic heterocycles. The summed E-state index contributed by atoms with van der Waals surface area (Å²) in [6, 6.07) is 10.8. The van der Waals surface area contributed by atoms with E-state index >= 15 is 0 Å². The number of carbonyl (C=O) groups is 2. The molecule has 0 fully saturated rings. The maximum Gasteiger partial charge on any atom is 0.252 e. The molecule has 0 spiro atoms. The minimum atomic E-state index is -0.643. The molecule has 0 radical (unpaired) electrons. The molecule has 2 heterocycles. The van der Waals surface area contributed by atoms with Crippen LogP contribution in [0.25, 0.3) is 0 Å². The van der Waals surface area contributed by atoms with Crippen LogP contribution in [0.2, 0.25) is 0 Å². The molecular weight excluding hydrogens is 376 g/mol. The van der Waals surface area contributed by atoms with E-state index in [0.717, 1.165) is 17.9 Å². The Kier molecular flexibility index (Phi) is 5.84. The van der Waals surface area contributed by atoms with Gasteiger partial charge in [0.2, 0.25) is 5.78 Å². The normalized spacial score (nSPS) is 10.7. The highest BCUT2D eigenvalue weighted by Crippen LogP contribution is 2.31. The molecule has 0 aliphatic heterocycles. The highest BCUT2D eigenvalue weighted by atomic mass is 32.1. The Morgan fingerprint density at radius 2 is 1.93 bits per heavy atom. The van der Waals surface area contributed by atoms with Gasteiger partial charge in [-0.25, -0.2) is 0 Å². The second kappa shape index (κ2) is 8.31. The number of rotatable bonds is 8. The molecule has 7 heteroatoms. The number of nitrogens with two attached hydrogens (primary N) is 1. The molecule has 3 rings (SSSR count). The molecule has 0 saturated heterocycles. The third kappa shape index (κ3) is 3.94. The zero-order valence-corrected chi connectivity index (χ0v) is 16.8. The summed E-state index contributed by atoms with van der Waals surface area (Å²) in [6.45, 7) is 4.40. The van der Waals surface area contributed by atoms with Gasteiger partial charge in [0.05, 0.1) is 19.2 Å². The first kappa shape index (κ1) is 19.7. The smallest absolute Gasteiger partial charge is 0.252 e. The van der Waals surface area contributed by atoms with E-state index in [1.807, 2.05) is 31.4 Å². The maximum atomic E-state index is 12.8. The molecular formula is C21H22N2O4S.